The molecule has 0 radical (unpaired) electrons. The lowest BCUT2D eigenvalue weighted by Gasteiger charge is -2.26. The summed E-state index contributed by atoms with van der Waals surface area (Å²) >= 11 is 0. The minimum absolute atomic E-state index is 0.0483. The Morgan fingerprint density at radius 3 is 2.19 bits per heavy atom. The SMILES string of the molecule is Cc1ccccc1N(C)C(=O)N(C)c1ccc(S(N)(=O)=O)cc1[N+](=O)[O-]. The van der Waals surface area contributed by atoms with Crippen LogP contribution >= 0.6 is 0 Å². The Balaban J connectivity index is 2.45. The van der Waals surface area contributed by atoms with Gasteiger partial charge in [0, 0.05) is 25.8 Å². The van der Waals surface area contributed by atoms with Gasteiger partial charge in [-0.2, -0.15) is 0 Å². The number of carbonyl (C=O) groups is 1. The van der Waals surface area contributed by atoms with Crippen molar-refractivity contribution in [3.8, 4) is 0 Å². The molecule has 2 N–H and O–H groups in total. The van der Waals surface area contributed by atoms with Crippen LogP contribution in [0.1, 0.15) is 5.56 Å². The van der Waals surface area contributed by atoms with Crippen LogP contribution in [0.3, 0.4) is 0 Å². The van der Waals surface area contributed by atoms with E-state index in [2.05, 4.69) is 0 Å². The number of rotatable bonds is 4. The molecule has 0 saturated heterocycles. The zero-order chi connectivity index (χ0) is 19.6. The van der Waals surface area contributed by atoms with E-state index in [-0.39, 0.29) is 5.69 Å². The van der Waals surface area contributed by atoms with Crippen LogP contribution in [0, 0.1) is 17.0 Å². The molecule has 0 aliphatic carbocycles. The number of nitrogens with two attached hydrogens (primary N) is 1. The van der Waals surface area contributed by atoms with Gasteiger partial charge in [0.2, 0.25) is 10.0 Å². The number of sulfonamides is 1. The predicted octanol–water partition coefficient (Wildman–Crippen LogP) is 2.24. The molecule has 2 aromatic rings. The van der Waals surface area contributed by atoms with Crippen molar-refractivity contribution in [3.63, 3.8) is 0 Å². The average Bonchev–Trinajstić information content (AvgIpc) is 2.59. The second-order valence-corrected chi connectivity index (χ2v) is 7.20. The highest BCUT2D eigenvalue weighted by Gasteiger charge is 2.26. The van der Waals surface area contributed by atoms with Gasteiger partial charge in [-0.25, -0.2) is 18.4 Å². The van der Waals surface area contributed by atoms with Crippen LogP contribution < -0.4 is 14.9 Å². The number of amides is 2. The van der Waals surface area contributed by atoms with Crippen molar-refractivity contribution in [2.24, 2.45) is 5.14 Å². The highest BCUT2D eigenvalue weighted by atomic mass is 32.2. The van der Waals surface area contributed by atoms with Crippen molar-refractivity contribution in [3.05, 3.63) is 58.1 Å². The molecule has 2 aromatic carbocycles. The van der Waals surface area contributed by atoms with Gasteiger partial charge in [0.1, 0.15) is 5.69 Å². The molecule has 138 valence electrons. The molecule has 0 aromatic heterocycles. The number of aryl methyl sites for hydroxylation is 1. The van der Waals surface area contributed by atoms with Crippen molar-refractivity contribution in [2.75, 3.05) is 23.9 Å². The van der Waals surface area contributed by atoms with Crippen LogP contribution in [0.5, 0.6) is 0 Å². The first-order valence-electron chi connectivity index (χ1n) is 7.42. The number of para-hydroxylation sites is 1. The fraction of sp³-hybridized carbons (Fsp3) is 0.188. The van der Waals surface area contributed by atoms with E-state index in [0.717, 1.165) is 22.6 Å². The van der Waals surface area contributed by atoms with E-state index in [0.29, 0.717) is 5.69 Å². The van der Waals surface area contributed by atoms with Crippen molar-refractivity contribution in [2.45, 2.75) is 11.8 Å². The molecule has 0 saturated carbocycles. The molecule has 0 aliphatic heterocycles. The van der Waals surface area contributed by atoms with Gasteiger partial charge in [0.25, 0.3) is 5.69 Å². The van der Waals surface area contributed by atoms with Gasteiger partial charge in [0.05, 0.1) is 9.82 Å². The molecule has 0 unspecified atom stereocenters. The molecular formula is C16H18N4O5S. The van der Waals surface area contributed by atoms with E-state index in [1.807, 2.05) is 19.1 Å². The largest absolute Gasteiger partial charge is 0.328 e. The highest BCUT2D eigenvalue weighted by Crippen LogP contribution is 2.31. The Kier molecular flexibility index (Phi) is 5.28. The number of urea groups is 1. The molecule has 0 aliphatic rings. The number of hydrogen-bond acceptors (Lipinski definition) is 5. The number of hydrogen-bond donors (Lipinski definition) is 1. The molecule has 0 heterocycles. The predicted molar refractivity (Wildman–Crippen MR) is 97.9 cm³/mol. The number of carbonyl (C=O) groups excluding carboxylic acids is 1. The Bertz CT molecular complexity index is 974. The number of nitro benzene ring substituents is 1. The van der Waals surface area contributed by atoms with Crippen molar-refractivity contribution in [1.29, 1.82) is 0 Å². The second kappa shape index (κ2) is 7.10. The Morgan fingerprint density at radius 1 is 1.08 bits per heavy atom. The smallest absolute Gasteiger partial charge is 0.297 e. The molecule has 2 rings (SSSR count). The summed E-state index contributed by atoms with van der Waals surface area (Å²) in [5, 5.41) is 16.4. The Morgan fingerprint density at radius 2 is 1.65 bits per heavy atom. The standard InChI is InChI=1S/C16H18N4O5S/c1-11-6-4-5-7-13(11)18(2)16(21)19(3)14-9-8-12(26(17,24)25)10-15(14)20(22)23/h4-10H,1-3H3,(H2,17,24,25). The molecule has 2 amide bonds. The maximum atomic E-state index is 12.7. The lowest BCUT2D eigenvalue weighted by Crippen LogP contribution is -2.39. The summed E-state index contributed by atoms with van der Waals surface area (Å²) in [6, 6.07) is 9.81. The molecular weight excluding hydrogens is 360 g/mol. The van der Waals surface area contributed by atoms with Gasteiger partial charge in [-0.15, -0.1) is 0 Å². The fourth-order valence-electron chi connectivity index (χ4n) is 2.48. The second-order valence-electron chi connectivity index (χ2n) is 5.64. The number of primary sulfonamides is 1. The van der Waals surface area contributed by atoms with Crippen molar-refractivity contribution in [1.82, 2.24) is 0 Å². The van der Waals surface area contributed by atoms with Gasteiger partial charge < -0.3 is 0 Å². The minimum Gasteiger partial charge on any atom is -0.297 e. The fourth-order valence-corrected chi connectivity index (χ4v) is 3.01. The van der Waals surface area contributed by atoms with Crippen LogP contribution in [0.2, 0.25) is 0 Å². The molecule has 9 nitrogen and oxygen atoms in total. The number of benzene rings is 2. The molecule has 0 bridgehead atoms. The number of anilines is 2. The first kappa shape index (κ1) is 19.3. The quantitative estimate of drug-likeness (QED) is 0.645. The van der Waals surface area contributed by atoms with E-state index < -0.39 is 31.6 Å². The maximum absolute atomic E-state index is 12.7. The Labute approximate surface area is 150 Å². The van der Waals surface area contributed by atoms with Crippen LogP contribution in [0.15, 0.2) is 47.4 Å². The first-order chi connectivity index (χ1) is 12.0. The van der Waals surface area contributed by atoms with E-state index in [1.54, 1.807) is 19.2 Å². The lowest BCUT2D eigenvalue weighted by atomic mass is 10.2. The van der Waals surface area contributed by atoms with Gasteiger partial charge in [-0.1, -0.05) is 18.2 Å². The lowest BCUT2D eigenvalue weighted by molar-refractivity contribution is -0.384. The molecule has 26 heavy (non-hydrogen) atoms. The summed E-state index contributed by atoms with van der Waals surface area (Å²) in [5.74, 6) is 0. The van der Waals surface area contributed by atoms with Gasteiger partial charge >= 0.3 is 6.03 Å². The van der Waals surface area contributed by atoms with E-state index >= 15 is 0 Å². The van der Waals surface area contributed by atoms with Crippen molar-refractivity contribution >= 4 is 33.1 Å². The van der Waals surface area contributed by atoms with Gasteiger partial charge in [-0.3, -0.25) is 19.9 Å². The summed E-state index contributed by atoms with van der Waals surface area (Å²) in [5.41, 5.74) is 0.919. The van der Waals surface area contributed by atoms with E-state index in [1.165, 1.54) is 18.0 Å². The third-order valence-electron chi connectivity index (χ3n) is 3.88. The molecule has 0 atom stereocenters. The summed E-state index contributed by atoms with van der Waals surface area (Å²) in [6.07, 6.45) is 0. The third kappa shape index (κ3) is 3.81. The van der Waals surface area contributed by atoms with Crippen LogP contribution in [0.25, 0.3) is 0 Å². The van der Waals surface area contributed by atoms with Crippen molar-refractivity contribution < 1.29 is 18.1 Å². The summed E-state index contributed by atoms with van der Waals surface area (Å²) in [7, 11) is -1.19. The van der Waals surface area contributed by atoms with Crippen LogP contribution in [0.4, 0.5) is 21.9 Å². The molecule has 10 heteroatoms. The first-order valence-corrected chi connectivity index (χ1v) is 8.97. The Hall–Kier alpha value is -2.98. The van der Waals surface area contributed by atoms with E-state index in [9.17, 15) is 23.3 Å². The summed E-state index contributed by atoms with van der Waals surface area (Å²) in [6.45, 7) is 1.84. The topological polar surface area (TPSA) is 127 Å². The van der Waals surface area contributed by atoms with Crippen LogP contribution in [-0.2, 0) is 10.0 Å². The van der Waals surface area contributed by atoms with E-state index in [4.69, 9.17) is 5.14 Å². The highest BCUT2D eigenvalue weighted by molar-refractivity contribution is 7.89. The molecule has 0 spiro atoms. The summed E-state index contributed by atoms with van der Waals surface area (Å²) in [4.78, 5) is 25.3. The normalized spacial score (nSPS) is 11.1. The summed E-state index contributed by atoms with van der Waals surface area (Å²) < 4.78 is 22.8. The number of nitrogens with zero attached hydrogens (tertiary/aromatic N) is 3. The number of nitro groups is 1. The van der Waals surface area contributed by atoms with Gasteiger partial charge in [-0.05, 0) is 30.7 Å². The minimum atomic E-state index is -4.10. The zero-order valence-corrected chi connectivity index (χ0v) is 15.2. The third-order valence-corrected chi connectivity index (χ3v) is 4.80. The zero-order valence-electron chi connectivity index (χ0n) is 14.4. The van der Waals surface area contributed by atoms with Gasteiger partial charge in [0.15, 0.2) is 0 Å². The monoisotopic (exact) mass is 378 g/mol. The van der Waals surface area contributed by atoms with Crippen LogP contribution in [-0.4, -0.2) is 33.5 Å². The average molecular weight is 378 g/mol. The molecule has 0 fully saturated rings. The maximum Gasteiger partial charge on any atom is 0.328 e.